The third kappa shape index (κ3) is 3.20. The molecule has 1 aromatic carbocycles. The summed E-state index contributed by atoms with van der Waals surface area (Å²) in [5.74, 6) is 0.937. The number of ether oxygens (including phenoxy) is 1. The molecule has 4 nitrogen and oxygen atoms in total. The maximum atomic E-state index is 5.41. The van der Waals surface area contributed by atoms with Crippen LogP contribution in [0, 0.1) is 6.92 Å². The molecule has 0 aliphatic carbocycles. The maximum Gasteiger partial charge on any atom is 0.122 e. The van der Waals surface area contributed by atoms with Crippen molar-refractivity contribution in [3.63, 3.8) is 0 Å². The molecule has 1 N–H and O–H groups in total. The summed E-state index contributed by atoms with van der Waals surface area (Å²) < 4.78 is 7.36. The summed E-state index contributed by atoms with van der Waals surface area (Å²) in [6.07, 6.45) is 4.97. The molecule has 2 rings (SSSR count). The van der Waals surface area contributed by atoms with Crippen molar-refractivity contribution >= 4 is 0 Å². The van der Waals surface area contributed by atoms with Gasteiger partial charge in [-0.3, -0.25) is 4.68 Å². The second-order valence-corrected chi connectivity index (χ2v) is 4.98. The Labute approximate surface area is 120 Å². The van der Waals surface area contributed by atoms with E-state index in [2.05, 4.69) is 48.7 Å². The molecule has 4 heteroatoms. The molecule has 2 aromatic rings. The fourth-order valence-corrected chi connectivity index (χ4v) is 2.36. The lowest BCUT2D eigenvalue weighted by Crippen LogP contribution is -2.18. The Balaban J connectivity index is 2.19. The number of hydrogen-bond donors (Lipinski definition) is 1. The van der Waals surface area contributed by atoms with Crippen LogP contribution in [0.25, 0.3) is 0 Å². The van der Waals surface area contributed by atoms with Crippen molar-refractivity contribution in [2.24, 2.45) is 0 Å². The lowest BCUT2D eigenvalue weighted by molar-refractivity contribution is 0.410. The average molecular weight is 273 g/mol. The predicted octanol–water partition coefficient (Wildman–Crippen LogP) is 2.72. The molecule has 0 amide bonds. The van der Waals surface area contributed by atoms with Gasteiger partial charge in [0.15, 0.2) is 0 Å². The maximum absolute atomic E-state index is 5.41. The molecule has 0 aliphatic heterocycles. The second-order valence-electron chi connectivity index (χ2n) is 4.98. The second kappa shape index (κ2) is 6.57. The molecule has 0 fully saturated rings. The number of hydrogen-bond acceptors (Lipinski definition) is 3. The molecule has 0 bridgehead atoms. The van der Waals surface area contributed by atoms with Crippen LogP contribution in [0.5, 0.6) is 5.75 Å². The predicted molar refractivity (Wildman–Crippen MR) is 81.1 cm³/mol. The number of aryl methyl sites for hydroxylation is 2. The van der Waals surface area contributed by atoms with Gasteiger partial charge in [0.2, 0.25) is 0 Å². The number of nitrogens with zero attached hydrogens (tertiary/aromatic N) is 2. The van der Waals surface area contributed by atoms with Gasteiger partial charge in [-0.15, -0.1) is 0 Å². The van der Waals surface area contributed by atoms with Crippen LogP contribution in [0.4, 0.5) is 0 Å². The molecule has 1 heterocycles. The number of benzene rings is 1. The van der Waals surface area contributed by atoms with E-state index in [4.69, 9.17) is 4.74 Å². The minimum Gasteiger partial charge on any atom is -0.496 e. The Morgan fingerprint density at radius 3 is 2.80 bits per heavy atom. The van der Waals surface area contributed by atoms with Crippen molar-refractivity contribution in [2.75, 3.05) is 14.2 Å². The van der Waals surface area contributed by atoms with Gasteiger partial charge >= 0.3 is 0 Å². The number of aromatic nitrogens is 2. The van der Waals surface area contributed by atoms with Crippen LogP contribution in [-0.2, 0) is 13.0 Å². The minimum atomic E-state index is 0.263. The first kappa shape index (κ1) is 14.6. The van der Waals surface area contributed by atoms with Crippen LogP contribution in [0.3, 0.4) is 0 Å². The van der Waals surface area contributed by atoms with Crippen molar-refractivity contribution in [1.82, 2.24) is 15.1 Å². The highest BCUT2D eigenvalue weighted by atomic mass is 16.5. The molecular weight excluding hydrogens is 250 g/mol. The van der Waals surface area contributed by atoms with E-state index < -0.39 is 0 Å². The van der Waals surface area contributed by atoms with Crippen LogP contribution in [0.15, 0.2) is 30.6 Å². The van der Waals surface area contributed by atoms with Gasteiger partial charge in [-0.2, -0.15) is 5.10 Å². The van der Waals surface area contributed by atoms with Gasteiger partial charge < -0.3 is 10.1 Å². The number of rotatable bonds is 6. The van der Waals surface area contributed by atoms with E-state index in [9.17, 15) is 0 Å². The van der Waals surface area contributed by atoms with Gasteiger partial charge in [-0.05, 0) is 50.1 Å². The number of likely N-dealkylation sites (N-methyl/N-ethyl adjacent to an activating group) is 1. The van der Waals surface area contributed by atoms with Gasteiger partial charge in [0.25, 0.3) is 0 Å². The van der Waals surface area contributed by atoms with Gasteiger partial charge in [0.1, 0.15) is 5.75 Å². The fraction of sp³-hybridized carbons (Fsp3) is 0.438. The highest BCUT2D eigenvalue weighted by molar-refractivity contribution is 5.38. The average Bonchev–Trinajstić information content (AvgIpc) is 2.93. The Kier molecular flexibility index (Phi) is 4.79. The molecule has 1 unspecified atom stereocenters. The molecule has 108 valence electrons. The normalized spacial score (nSPS) is 12.4. The lowest BCUT2D eigenvalue weighted by atomic mass is 9.99. The Morgan fingerprint density at radius 2 is 2.20 bits per heavy atom. The van der Waals surface area contributed by atoms with Gasteiger partial charge in [-0.1, -0.05) is 12.1 Å². The molecule has 0 saturated carbocycles. The van der Waals surface area contributed by atoms with Crippen molar-refractivity contribution in [3.8, 4) is 5.75 Å². The van der Waals surface area contributed by atoms with E-state index in [0.717, 1.165) is 24.3 Å². The minimum absolute atomic E-state index is 0.263. The molecular formula is C16H23N3O. The van der Waals surface area contributed by atoms with E-state index in [-0.39, 0.29) is 6.04 Å². The van der Waals surface area contributed by atoms with Crippen LogP contribution in [-0.4, -0.2) is 23.9 Å². The first-order valence-corrected chi connectivity index (χ1v) is 7.01. The van der Waals surface area contributed by atoms with Crippen LogP contribution >= 0.6 is 0 Å². The summed E-state index contributed by atoms with van der Waals surface area (Å²) >= 11 is 0. The highest BCUT2D eigenvalue weighted by Crippen LogP contribution is 2.25. The lowest BCUT2D eigenvalue weighted by Gasteiger charge is -2.17. The zero-order valence-corrected chi connectivity index (χ0v) is 12.7. The van der Waals surface area contributed by atoms with E-state index in [0.29, 0.717) is 0 Å². The molecule has 1 atom stereocenters. The van der Waals surface area contributed by atoms with E-state index in [1.165, 1.54) is 11.1 Å². The quantitative estimate of drug-likeness (QED) is 0.879. The summed E-state index contributed by atoms with van der Waals surface area (Å²) in [5.41, 5.74) is 3.63. The first-order valence-electron chi connectivity index (χ1n) is 7.01. The monoisotopic (exact) mass is 273 g/mol. The standard InChI is InChI=1S/C16H23N3O/c1-5-19-11-13(10-18-19)8-15(17-3)14-7-6-12(2)16(9-14)20-4/h6-7,9-11,15,17H,5,8H2,1-4H3. The van der Waals surface area contributed by atoms with E-state index >= 15 is 0 Å². The van der Waals surface area contributed by atoms with Crippen molar-refractivity contribution in [1.29, 1.82) is 0 Å². The van der Waals surface area contributed by atoms with Crippen molar-refractivity contribution in [3.05, 3.63) is 47.3 Å². The van der Waals surface area contributed by atoms with Crippen molar-refractivity contribution < 1.29 is 4.74 Å². The Morgan fingerprint density at radius 1 is 1.40 bits per heavy atom. The number of methoxy groups -OCH3 is 1. The van der Waals surface area contributed by atoms with Gasteiger partial charge in [0, 0.05) is 18.8 Å². The summed E-state index contributed by atoms with van der Waals surface area (Å²) in [7, 11) is 3.70. The highest BCUT2D eigenvalue weighted by Gasteiger charge is 2.13. The Bertz CT molecular complexity index is 563. The smallest absolute Gasteiger partial charge is 0.122 e. The van der Waals surface area contributed by atoms with Crippen LogP contribution in [0.2, 0.25) is 0 Å². The molecule has 20 heavy (non-hydrogen) atoms. The zero-order chi connectivity index (χ0) is 14.5. The zero-order valence-electron chi connectivity index (χ0n) is 12.7. The van der Waals surface area contributed by atoms with E-state index in [1.807, 2.05) is 17.9 Å². The number of nitrogens with one attached hydrogen (secondary N) is 1. The van der Waals surface area contributed by atoms with E-state index in [1.54, 1.807) is 7.11 Å². The first-order chi connectivity index (χ1) is 9.67. The third-order valence-corrected chi connectivity index (χ3v) is 3.63. The summed E-state index contributed by atoms with van der Waals surface area (Å²) in [4.78, 5) is 0. The summed E-state index contributed by atoms with van der Waals surface area (Å²) in [6, 6.07) is 6.64. The van der Waals surface area contributed by atoms with Gasteiger partial charge in [-0.25, -0.2) is 0 Å². The molecule has 0 radical (unpaired) electrons. The largest absolute Gasteiger partial charge is 0.496 e. The fourth-order valence-electron chi connectivity index (χ4n) is 2.36. The van der Waals surface area contributed by atoms with Crippen molar-refractivity contribution in [2.45, 2.75) is 32.9 Å². The molecule has 0 saturated heterocycles. The molecule has 0 spiro atoms. The third-order valence-electron chi connectivity index (χ3n) is 3.63. The topological polar surface area (TPSA) is 39.1 Å². The Hall–Kier alpha value is -1.81. The van der Waals surface area contributed by atoms with Crippen LogP contribution in [0.1, 0.15) is 29.7 Å². The molecule has 1 aromatic heterocycles. The van der Waals surface area contributed by atoms with Gasteiger partial charge in [0.05, 0.1) is 13.3 Å². The molecule has 0 aliphatic rings. The summed E-state index contributed by atoms with van der Waals surface area (Å²) in [5, 5.41) is 7.70. The SMILES string of the molecule is CCn1cc(CC(NC)c2ccc(C)c(OC)c2)cn1. The van der Waals surface area contributed by atoms with Crippen LogP contribution < -0.4 is 10.1 Å². The summed E-state index contributed by atoms with van der Waals surface area (Å²) in [6.45, 7) is 5.06.